The Morgan fingerprint density at radius 3 is 2.92 bits per heavy atom. The molecule has 132 valence electrons. The molecule has 3 aromatic rings. The lowest BCUT2D eigenvalue weighted by molar-refractivity contribution is 0.151. The SMILES string of the molecule is Cc1cnc(N)nc1Nc1ccc2oc(=O)n(COP(=O)(O)O)c2c1. The summed E-state index contributed by atoms with van der Waals surface area (Å²) in [6.45, 7) is 1.14. The standard InChI is InChI=1S/C13H14N5O6P/c1-7-5-15-12(14)17-11(7)16-8-2-3-10-9(4-8)18(13(19)24-10)6-23-25(20,21)22/h2-5H,6H2,1H3,(H2,20,21,22)(H3,14,15,16,17). The molecule has 0 spiro atoms. The number of hydrogen-bond donors (Lipinski definition) is 4. The molecular weight excluding hydrogens is 353 g/mol. The molecule has 2 aromatic heterocycles. The summed E-state index contributed by atoms with van der Waals surface area (Å²) in [6, 6.07) is 4.74. The Labute approximate surface area is 140 Å². The van der Waals surface area contributed by atoms with Crippen molar-refractivity contribution in [2.24, 2.45) is 0 Å². The normalized spacial score (nSPS) is 11.8. The number of aromatic nitrogens is 3. The molecule has 0 bridgehead atoms. The number of nitrogen functional groups attached to an aromatic ring is 1. The molecule has 1 aromatic carbocycles. The quantitative estimate of drug-likeness (QED) is 0.479. The minimum absolute atomic E-state index is 0.101. The second-order valence-corrected chi connectivity index (χ2v) is 6.35. The van der Waals surface area contributed by atoms with E-state index in [2.05, 4.69) is 19.8 Å². The van der Waals surface area contributed by atoms with Crippen molar-refractivity contribution in [3.63, 3.8) is 0 Å². The molecule has 0 radical (unpaired) electrons. The van der Waals surface area contributed by atoms with E-state index < -0.39 is 20.3 Å². The molecule has 0 fully saturated rings. The molecule has 0 atom stereocenters. The summed E-state index contributed by atoms with van der Waals surface area (Å²) in [5, 5.41) is 3.03. The highest BCUT2D eigenvalue weighted by Gasteiger charge is 2.17. The number of nitrogens with zero attached hydrogens (tertiary/aromatic N) is 3. The van der Waals surface area contributed by atoms with Crippen molar-refractivity contribution >= 4 is 36.4 Å². The van der Waals surface area contributed by atoms with E-state index in [0.717, 1.165) is 10.1 Å². The number of benzene rings is 1. The van der Waals surface area contributed by atoms with Gasteiger partial charge in [-0.1, -0.05) is 0 Å². The number of nitrogens with two attached hydrogens (primary N) is 1. The smallest absolute Gasteiger partial charge is 0.408 e. The first-order chi connectivity index (χ1) is 11.7. The van der Waals surface area contributed by atoms with E-state index in [1.54, 1.807) is 25.3 Å². The fourth-order valence-corrected chi connectivity index (χ4v) is 2.38. The van der Waals surface area contributed by atoms with Gasteiger partial charge in [-0.3, -0.25) is 4.52 Å². The largest absolute Gasteiger partial charge is 0.471 e. The Bertz CT molecular complexity index is 1040. The van der Waals surface area contributed by atoms with Crippen LogP contribution in [0, 0.1) is 6.92 Å². The number of anilines is 3. The van der Waals surface area contributed by atoms with Gasteiger partial charge >= 0.3 is 13.6 Å². The number of aryl methyl sites for hydroxylation is 1. The molecule has 0 saturated carbocycles. The summed E-state index contributed by atoms with van der Waals surface area (Å²) in [7, 11) is -4.73. The third-order valence-corrected chi connectivity index (χ3v) is 3.73. The Morgan fingerprint density at radius 1 is 1.44 bits per heavy atom. The van der Waals surface area contributed by atoms with Crippen LogP contribution in [-0.4, -0.2) is 24.3 Å². The number of hydrogen-bond acceptors (Lipinski definition) is 8. The van der Waals surface area contributed by atoms with Gasteiger partial charge in [-0.05, 0) is 25.1 Å². The maximum absolute atomic E-state index is 11.8. The van der Waals surface area contributed by atoms with Crippen molar-refractivity contribution in [1.29, 1.82) is 0 Å². The van der Waals surface area contributed by atoms with Crippen LogP contribution < -0.4 is 16.8 Å². The van der Waals surface area contributed by atoms with Crippen LogP contribution in [0.1, 0.15) is 5.56 Å². The van der Waals surface area contributed by atoms with Gasteiger partial charge in [0.25, 0.3) is 0 Å². The molecule has 2 heterocycles. The summed E-state index contributed by atoms with van der Waals surface area (Å²) < 4.78 is 21.2. The average molecular weight is 367 g/mol. The topological polar surface area (TPSA) is 166 Å². The molecule has 3 rings (SSSR count). The first kappa shape index (κ1) is 17.1. The summed E-state index contributed by atoms with van der Waals surface area (Å²) in [6.07, 6.45) is 1.56. The fourth-order valence-electron chi connectivity index (χ4n) is 2.11. The van der Waals surface area contributed by atoms with Crippen LogP contribution in [0.2, 0.25) is 0 Å². The zero-order chi connectivity index (χ0) is 18.2. The van der Waals surface area contributed by atoms with E-state index in [0.29, 0.717) is 17.0 Å². The lowest BCUT2D eigenvalue weighted by atomic mass is 10.2. The molecule has 11 nitrogen and oxygen atoms in total. The van der Waals surface area contributed by atoms with Gasteiger partial charge < -0.3 is 25.3 Å². The maximum atomic E-state index is 11.8. The van der Waals surface area contributed by atoms with Crippen LogP contribution in [0.3, 0.4) is 0 Å². The van der Waals surface area contributed by atoms with Crippen LogP contribution in [-0.2, 0) is 15.8 Å². The van der Waals surface area contributed by atoms with Crippen molar-refractivity contribution in [1.82, 2.24) is 14.5 Å². The van der Waals surface area contributed by atoms with Crippen molar-refractivity contribution in [2.45, 2.75) is 13.7 Å². The van der Waals surface area contributed by atoms with E-state index >= 15 is 0 Å². The molecule has 0 aliphatic heterocycles. The van der Waals surface area contributed by atoms with E-state index in [1.807, 2.05) is 0 Å². The Hall–Kier alpha value is -2.72. The second kappa shape index (κ2) is 6.30. The molecule has 5 N–H and O–H groups in total. The lowest BCUT2D eigenvalue weighted by Gasteiger charge is -2.09. The van der Waals surface area contributed by atoms with E-state index in [4.69, 9.17) is 19.9 Å². The number of phosphoric acid groups is 1. The van der Waals surface area contributed by atoms with Crippen molar-refractivity contribution in [2.75, 3.05) is 11.1 Å². The van der Waals surface area contributed by atoms with Gasteiger partial charge in [-0.25, -0.2) is 18.9 Å². The second-order valence-electron chi connectivity index (χ2n) is 5.11. The Balaban J connectivity index is 1.97. The number of rotatable bonds is 5. The number of phosphoric ester groups is 1. The molecule has 0 saturated heterocycles. The van der Waals surface area contributed by atoms with Gasteiger partial charge in [0, 0.05) is 17.4 Å². The van der Waals surface area contributed by atoms with Gasteiger partial charge in [0.2, 0.25) is 5.95 Å². The van der Waals surface area contributed by atoms with E-state index in [1.165, 1.54) is 6.07 Å². The first-order valence-corrected chi connectivity index (χ1v) is 8.45. The monoisotopic (exact) mass is 367 g/mol. The Kier molecular flexibility index (Phi) is 4.31. The zero-order valence-electron chi connectivity index (χ0n) is 12.9. The molecule has 0 amide bonds. The number of fused-ring (bicyclic) bond motifs is 1. The molecule has 0 aliphatic rings. The minimum atomic E-state index is -4.73. The summed E-state index contributed by atoms with van der Waals surface area (Å²) >= 11 is 0. The van der Waals surface area contributed by atoms with Crippen molar-refractivity contribution in [3.8, 4) is 0 Å². The van der Waals surface area contributed by atoms with Gasteiger partial charge in [0.1, 0.15) is 12.5 Å². The van der Waals surface area contributed by atoms with Gasteiger partial charge in [0.15, 0.2) is 5.58 Å². The average Bonchev–Trinajstić information content (AvgIpc) is 2.83. The third-order valence-electron chi connectivity index (χ3n) is 3.28. The summed E-state index contributed by atoms with van der Waals surface area (Å²) in [4.78, 5) is 37.4. The van der Waals surface area contributed by atoms with Gasteiger partial charge in [-0.2, -0.15) is 4.98 Å². The Morgan fingerprint density at radius 2 is 2.20 bits per heavy atom. The van der Waals surface area contributed by atoms with Crippen LogP contribution in [0.4, 0.5) is 17.5 Å². The van der Waals surface area contributed by atoms with Gasteiger partial charge in [0.05, 0.1) is 5.52 Å². The number of nitrogens with one attached hydrogen (secondary N) is 1. The highest BCUT2D eigenvalue weighted by Crippen LogP contribution is 2.36. The summed E-state index contributed by atoms with van der Waals surface area (Å²) in [5.74, 6) is -0.219. The molecule has 25 heavy (non-hydrogen) atoms. The third kappa shape index (κ3) is 3.86. The van der Waals surface area contributed by atoms with E-state index in [9.17, 15) is 9.36 Å². The molecular formula is C13H14N5O6P. The van der Waals surface area contributed by atoms with Crippen LogP contribution >= 0.6 is 7.82 Å². The van der Waals surface area contributed by atoms with Crippen LogP contribution in [0.15, 0.2) is 33.6 Å². The van der Waals surface area contributed by atoms with Gasteiger partial charge in [-0.15, -0.1) is 0 Å². The lowest BCUT2D eigenvalue weighted by Crippen LogP contribution is -2.15. The highest BCUT2D eigenvalue weighted by atomic mass is 31.2. The van der Waals surface area contributed by atoms with Crippen LogP contribution in [0.25, 0.3) is 11.1 Å². The first-order valence-electron chi connectivity index (χ1n) is 6.92. The molecule has 0 unspecified atom stereocenters. The van der Waals surface area contributed by atoms with Crippen molar-refractivity contribution in [3.05, 3.63) is 40.5 Å². The molecule has 0 aliphatic carbocycles. The highest BCUT2D eigenvalue weighted by molar-refractivity contribution is 7.46. The van der Waals surface area contributed by atoms with E-state index in [-0.39, 0.29) is 11.5 Å². The predicted molar refractivity (Wildman–Crippen MR) is 88.1 cm³/mol. The molecule has 12 heteroatoms. The predicted octanol–water partition coefficient (Wildman–Crippen LogP) is 1.09. The number of oxazole rings is 1. The fraction of sp³-hybridized carbons (Fsp3) is 0.154. The summed E-state index contributed by atoms with van der Waals surface area (Å²) in [5.41, 5.74) is 7.41. The van der Waals surface area contributed by atoms with Crippen LogP contribution in [0.5, 0.6) is 0 Å². The van der Waals surface area contributed by atoms with Crippen molar-refractivity contribution < 1.29 is 23.3 Å². The minimum Gasteiger partial charge on any atom is -0.408 e. The maximum Gasteiger partial charge on any atom is 0.471 e. The zero-order valence-corrected chi connectivity index (χ0v) is 13.8.